The molecule has 2 fully saturated rings. The molecular weight excluding hydrogens is 536 g/mol. The van der Waals surface area contributed by atoms with E-state index in [0.29, 0.717) is 38.2 Å². The quantitative estimate of drug-likeness (QED) is 0.197. The highest BCUT2D eigenvalue weighted by Gasteiger charge is 2.60. The summed E-state index contributed by atoms with van der Waals surface area (Å²) in [4.78, 5) is 57.2. The van der Waals surface area contributed by atoms with E-state index < -0.39 is 17.7 Å². The number of nitrogens with zero attached hydrogens (tertiary/aromatic N) is 6. The Morgan fingerprint density at radius 2 is 1.62 bits per heavy atom. The van der Waals surface area contributed by atoms with Gasteiger partial charge in [0, 0.05) is 38.2 Å². The van der Waals surface area contributed by atoms with E-state index in [2.05, 4.69) is 19.9 Å². The van der Waals surface area contributed by atoms with Gasteiger partial charge in [-0.2, -0.15) is 0 Å². The predicted molar refractivity (Wildman–Crippen MR) is 154 cm³/mol. The smallest absolute Gasteiger partial charge is 0.449 e. The van der Waals surface area contributed by atoms with E-state index in [1.807, 2.05) is 25.1 Å². The second-order valence-corrected chi connectivity index (χ2v) is 10.3. The van der Waals surface area contributed by atoms with E-state index in [4.69, 9.17) is 9.84 Å². The van der Waals surface area contributed by atoms with Crippen molar-refractivity contribution in [3.05, 3.63) is 96.6 Å². The van der Waals surface area contributed by atoms with E-state index in [1.165, 1.54) is 9.80 Å². The summed E-state index contributed by atoms with van der Waals surface area (Å²) in [7, 11) is 0. The summed E-state index contributed by atoms with van der Waals surface area (Å²) >= 11 is 0. The van der Waals surface area contributed by atoms with Crippen LogP contribution in [0.4, 0.5) is 21.2 Å². The van der Waals surface area contributed by atoms with Crippen molar-refractivity contribution in [2.24, 2.45) is 0 Å². The Bertz CT molecular complexity index is 1640. The number of rotatable bonds is 6. The highest BCUT2D eigenvalue weighted by molar-refractivity contribution is 6.30. The third kappa shape index (κ3) is 4.94. The number of carbonyl (C=O) groups excluding carboxylic acids is 2. The number of aryl methyl sites for hydroxylation is 1. The fourth-order valence-electron chi connectivity index (χ4n) is 5.64. The minimum Gasteiger partial charge on any atom is -0.449 e. The van der Waals surface area contributed by atoms with Crippen LogP contribution < -0.4 is 14.5 Å². The average molecular weight is 565 g/mol. The van der Waals surface area contributed by atoms with Crippen molar-refractivity contribution in [2.75, 3.05) is 22.9 Å². The van der Waals surface area contributed by atoms with Crippen LogP contribution in [-0.2, 0) is 11.3 Å². The maximum atomic E-state index is 14.2. The summed E-state index contributed by atoms with van der Waals surface area (Å²) in [6, 6.07) is 18.8. The first kappa shape index (κ1) is 27.0. The molecule has 2 aliphatic heterocycles. The van der Waals surface area contributed by atoms with Gasteiger partial charge in [-0.3, -0.25) is 14.7 Å². The summed E-state index contributed by atoms with van der Waals surface area (Å²) in [6.45, 7) is 3.89. The summed E-state index contributed by atoms with van der Waals surface area (Å²) < 4.78 is 4.77. The van der Waals surface area contributed by atoms with E-state index >= 15 is 0 Å². The third-order valence-electron chi connectivity index (χ3n) is 7.84. The van der Waals surface area contributed by atoms with Gasteiger partial charge in [0.15, 0.2) is 0 Å². The molecule has 11 nitrogen and oxygen atoms in total. The van der Waals surface area contributed by atoms with Crippen molar-refractivity contribution in [2.45, 2.75) is 31.8 Å². The van der Waals surface area contributed by atoms with Crippen molar-refractivity contribution < 1.29 is 24.2 Å². The fourth-order valence-corrected chi connectivity index (χ4v) is 5.64. The Morgan fingerprint density at radius 3 is 2.31 bits per heavy atom. The molecule has 1 spiro atoms. The number of amides is 3. The molecule has 0 saturated carbocycles. The first-order valence-electron chi connectivity index (χ1n) is 13.6. The summed E-state index contributed by atoms with van der Waals surface area (Å²) in [5, 5.41) is 8.93. The topological polar surface area (TPSA) is 129 Å². The molecule has 0 aliphatic carbocycles. The monoisotopic (exact) mass is 564 g/mol. The zero-order valence-corrected chi connectivity index (χ0v) is 22.9. The molecule has 0 unspecified atom stereocenters. The van der Waals surface area contributed by atoms with Gasteiger partial charge in [0.05, 0.1) is 11.4 Å². The normalized spacial score (nSPS) is 16.7. The Hall–Kier alpha value is -5.16. The molecule has 2 saturated heterocycles. The van der Waals surface area contributed by atoms with Crippen molar-refractivity contribution in [1.29, 1.82) is 0 Å². The molecule has 2 aromatic heterocycles. The minimum atomic E-state index is -1.40. The van der Waals surface area contributed by atoms with Crippen molar-refractivity contribution in [3.8, 4) is 16.9 Å². The summed E-state index contributed by atoms with van der Waals surface area (Å²) in [5.74, 6) is 0.0800. The van der Waals surface area contributed by atoms with E-state index in [9.17, 15) is 14.4 Å². The molecule has 6 rings (SSSR count). The SMILES string of the molecule is Cc1cccnc1CN1CCC2(CC1)C(=O)N(c1ccc(-c3cccc(OC(=O)O)c3)cc1)C(=O)N2c1ncccn1. The molecule has 2 aromatic carbocycles. The van der Waals surface area contributed by atoms with Crippen molar-refractivity contribution in [3.63, 3.8) is 0 Å². The molecule has 0 radical (unpaired) electrons. The van der Waals surface area contributed by atoms with Crippen LogP contribution in [0.2, 0.25) is 0 Å². The number of anilines is 2. The predicted octanol–water partition coefficient (Wildman–Crippen LogP) is 4.91. The number of hydrogen-bond donors (Lipinski definition) is 1. The number of pyridine rings is 1. The number of imide groups is 1. The van der Waals surface area contributed by atoms with Crippen LogP contribution in [0.25, 0.3) is 11.1 Å². The molecule has 4 aromatic rings. The van der Waals surface area contributed by atoms with Gasteiger partial charge in [-0.05, 0) is 72.9 Å². The first-order valence-corrected chi connectivity index (χ1v) is 13.6. The van der Waals surface area contributed by atoms with Crippen molar-refractivity contribution >= 4 is 29.7 Å². The zero-order valence-electron chi connectivity index (χ0n) is 22.9. The van der Waals surface area contributed by atoms with Gasteiger partial charge in [-0.15, -0.1) is 0 Å². The van der Waals surface area contributed by atoms with Crippen molar-refractivity contribution in [1.82, 2.24) is 19.9 Å². The third-order valence-corrected chi connectivity index (χ3v) is 7.84. The van der Waals surface area contributed by atoms with Gasteiger partial charge >= 0.3 is 12.2 Å². The lowest BCUT2D eigenvalue weighted by Crippen LogP contribution is -2.57. The Balaban J connectivity index is 1.28. The molecule has 3 amide bonds. The van der Waals surface area contributed by atoms with Crippen LogP contribution in [0.1, 0.15) is 24.1 Å². The zero-order chi connectivity index (χ0) is 29.3. The van der Waals surface area contributed by atoms with Crippen LogP contribution >= 0.6 is 0 Å². The van der Waals surface area contributed by atoms with Crippen LogP contribution in [0.5, 0.6) is 5.75 Å². The van der Waals surface area contributed by atoms with Gasteiger partial charge in [0.1, 0.15) is 11.3 Å². The molecule has 4 heterocycles. The second-order valence-electron chi connectivity index (χ2n) is 10.3. The number of piperidine rings is 1. The molecule has 1 N–H and O–H groups in total. The standard InChI is InChI=1S/C31H28N6O5/c1-21-5-3-14-32-26(21)20-35-17-12-31(13-18-35)27(38)36(29(39)37(31)28-33-15-4-16-34-28)24-10-8-22(9-11-24)23-6-2-7-25(19-23)42-30(40)41/h2-11,14-16,19H,12-13,17-18,20H2,1H3,(H,40,41). The Labute approximate surface area is 242 Å². The molecule has 0 bridgehead atoms. The second kappa shape index (κ2) is 11.0. The van der Waals surface area contributed by atoms with Gasteiger partial charge < -0.3 is 9.84 Å². The number of benzene rings is 2. The van der Waals surface area contributed by atoms with Gasteiger partial charge in [0.25, 0.3) is 5.91 Å². The molecule has 11 heteroatoms. The minimum absolute atomic E-state index is 0.193. The molecule has 0 atom stereocenters. The number of hydrogen-bond acceptors (Lipinski definition) is 8. The molecule has 42 heavy (non-hydrogen) atoms. The lowest BCUT2D eigenvalue weighted by Gasteiger charge is -2.41. The average Bonchev–Trinajstić information content (AvgIpc) is 3.20. The van der Waals surface area contributed by atoms with Crippen LogP contribution in [0.3, 0.4) is 0 Å². The molecule has 212 valence electrons. The lowest BCUT2D eigenvalue weighted by molar-refractivity contribution is -0.123. The van der Waals surface area contributed by atoms with Gasteiger partial charge in [0.2, 0.25) is 5.95 Å². The number of ether oxygens (including phenoxy) is 1. The maximum absolute atomic E-state index is 14.2. The largest absolute Gasteiger partial charge is 0.511 e. The highest BCUT2D eigenvalue weighted by atomic mass is 16.7. The summed E-state index contributed by atoms with van der Waals surface area (Å²) in [6.07, 6.45) is 4.36. The number of likely N-dealkylation sites (tertiary alicyclic amines) is 1. The van der Waals surface area contributed by atoms with E-state index in [0.717, 1.165) is 22.4 Å². The highest BCUT2D eigenvalue weighted by Crippen LogP contribution is 2.41. The van der Waals surface area contributed by atoms with E-state index in [-0.39, 0.29) is 17.6 Å². The Kier molecular flexibility index (Phi) is 7.09. The number of carbonyl (C=O) groups is 3. The number of urea groups is 1. The number of aromatic nitrogens is 3. The van der Waals surface area contributed by atoms with Gasteiger partial charge in [-0.25, -0.2) is 29.4 Å². The summed E-state index contributed by atoms with van der Waals surface area (Å²) in [5.41, 5.74) is 2.91. The lowest BCUT2D eigenvalue weighted by atomic mass is 9.85. The first-order chi connectivity index (χ1) is 20.4. The van der Waals surface area contributed by atoms with E-state index in [1.54, 1.807) is 67.1 Å². The fraction of sp³-hybridized carbons (Fsp3) is 0.226. The van der Waals surface area contributed by atoms with Crippen LogP contribution in [-0.4, -0.2) is 61.7 Å². The Morgan fingerprint density at radius 1 is 0.905 bits per heavy atom. The maximum Gasteiger partial charge on any atom is 0.511 e. The van der Waals surface area contributed by atoms with Crippen LogP contribution in [0.15, 0.2) is 85.3 Å². The van der Waals surface area contributed by atoms with Crippen LogP contribution in [0, 0.1) is 6.92 Å². The van der Waals surface area contributed by atoms with Gasteiger partial charge in [-0.1, -0.05) is 30.3 Å². The molecular formula is C31H28N6O5. The number of carboxylic acid groups (broad SMARTS) is 1. The molecule has 2 aliphatic rings.